The fourth-order valence-electron chi connectivity index (χ4n) is 3.33. The molecule has 5 atom stereocenters. The third kappa shape index (κ3) is 10.1. The fourth-order valence-corrected chi connectivity index (χ4v) is 3.33. The molecule has 0 aliphatic heterocycles. The van der Waals surface area contributed by atoms with Gasteiger partial charge in [0.05, 0.1) is 18.8 Å². The van der Waals surface area contributed by atoms with Gasteiger partial charge in [0.1, 0.15) is 18.1 Å². The SMILES string of the molecule is CCC(C)C(NC(=O)C(CC(N)=O)NC(=O)C(N)Cc1cnc[nH]1)C(=O)NC(CC(C)C)C(=O)O. The fraction of sp³-hybridized carbons (Fsp3) is 0.636. The first kappa shape index (κ1) is 29.6. The summed E-state index contributed by atoms with van der Waals surface area (Å²) in [5.74, 6) is -4.60. The van der Waals surface area contributed by atoms with Crippen molar-refractivity contribution in [3.8, 4) is 0 Å². The average molecular weight is 496 g/mol. The summed E-state index contributed by atoms with van der Waals surface area (Å²) < 4.78 is 0. The number of hydrogen-bond donors (Lipinski definition) is 7. The van der Waals surface area contributed by atoms with Gasteiger partial charge >= 0.3 is 5.97 Å². The zero-order chi connectivity index (χ0) is 26.7. The van der Waals surface area contributed by atoms with E-state index in [0.29, 0.717) is 12.1 Å². The van der Waals surface area contributed by atoms with Crippen molar-refractivity contribution in [2.75, 3.05) is 0 Å². The first-order valence-electron chi connectivity index (χ1n) is 11.5. The number of carbonyl (C=O) groups excluding carboxylic acids is 4. The minimum Gasteiger partial charge on any atom is -0.480 e. The highest BCUT2D eigenvalue weighted by atomic mass is 16.4. The lowest BCUT2D eigenvalue weighted by molar-refractivity contribution is -0.143. The Morgan fingerprint density at radius 2 is 1.66 bits per heavy atom. The molecule has 196 valence electrons. The molecule has 0 aromatic carbocycles. The second-order valence-electron chi connectivity index (χ2n) is 9.02. The molecule has 0 radical (unpaired) electrons. The molecule has 0 aliphatic rings. The first-order valence-corrected chi connectivity index (χ1v) is 11.5. The molecule has 1 rings (SSSR count). The Morgan fingerprint density at radius 3 is 2.14 bits per heavy atom. The molecule has 9 N–H and O–H groups in total. The third-order valence-corrected chi connectivity index (χ3v) is 5.48. The smallest absolute Gasteiger partial charge is 0.326 e. The molecule has 5 unspecified atom stereocenters. The van der Waals surface area contributed by atoms with Crippen LogP contribution in [0.15, 0.2) is 12.5 Å². The lowest BCUT2D eigenvalue weighted by Crippen LogP contribution is -2.59. The number of nitrogens with zero attached hydrogens (tertiary/aromatic N) is 1. The standard InChI is InChI=1S/C22H37N7O6/c1-5-12(4)18(21(33)28-16(22(34)35)6-11(2)3)29-20(32)15(8-17(24)30)27-19(31)14(23)7-13-9-25-10-26-13/h9-12,14-16,18H,5-8,23H2,1-4H3,(H2,24,30)(H,25,26)(H,27,31)(H,28,33)(H,29,32)(H,34,35). The number of aromatic amines is 1. The molecule has 1 aromatic heterocycles. The zero-order valence-corrected chi connectivity index (χ0v) is 20.5. The number of aliphatic carboxylic acids is 1. The third-order valence-electron chi connectivity index (χ3n) is 5.48. The van der Waals surface area contributed by atoms with E-state index in [-0.39, 0.29) is 24.7 Å². The van der Waals surface area contributed by atoms with Crippen molar-refractivity contribution in [2.45, 2.75) is 77.5 Å². The van der Waals surface area contributed by atoms with Gasteiger partial charge in [0.2, 0.25) is 23.6 Å². The first-order chi connectivity index (χ1) is 16.3. The minimum absolute atomic E-state index is 0.00849. The summed E-state index contributed by atoms with van der Waals surface area (Å²) in [4.78, 5) is 68.3. The Hall–Kier alpha value is -3.48. The monoisotopic (exact) mass is 495 g/mol. The molecular formula is C22H37N7O6. The summed E-state index contributed by atoms with van der Waals surface area (Å²) in [6.07, 6.45) is 3.22. The highest BCUT2D eigenvalue weighted by molar-refractivity contribution is 5.96. The van der Waals surface area contributed by atoms with E-state index in [2.05, 4.69) is 25.9 Å². The van der Waals surface area contributed by atoms with Crippen LogP contribution in [0.25, 0.3) is 0 Å². The van der Waals surface area contributed by atoms with Gasteiger partial charge in [0.15, 0.2) is 0 Å². The maximum atomic E-state index is 13.0. The summed E-state index contributed by atoms with van der Waals surface area (Å²) in [5, 5.41) is 16.9. The van der Waals surface area contributed by atoms with Crippen LogP contribution in [-0.4, -0.2) is 68.8 Å². The van der Waals surface area contributed by atoms with Crippen LogP contribution in [0, 0.1) is 11.8 Å². The summed E-state index contributed by atoms with van der Waals surface area (Å²) in [6.45, 7) is 7.16. The number of hydrogen-bond acceptors (Lipinski definition) is 7. The van der Waals surface area contributed by atoms with Crippen molar-refractivity contribution in [3.05, 3.63) is 18.2 Å². The van der Waals surface area contributed by atoms with Gasteiger partial charge in [-0.05, 0) is 18.3 Å². The van der Waals surface area contributed by atoms with E-state index in [1.165, 1.54) is 12.5 Å². The van der Waals surface area contributed by atoms with E-state index < -0.39 is 60.2 Å². The van der Waals surface area contributed by atoms with Gasteiger partial charge in [0, 0.05) is 18.3 Å². The molecule has 13 heteroatoms. The Labute approximate surface area is 204 Å². The predicted molar refractivity (Wildman–Crippen MR) is 126 cm³/mol. The van der Waals surface area contributed by atoms with E-state index in [0.717, 1.165) is 0 Å². The number of imidazole rings is 1. The van der Waals surface area contributed by atoms with Crippen LogP contribution in [0.5, 0.6) is 0 Å². The van der Waals surface area contributed by atoms with Gasteiger partial charge in [-0.1, -0.05) is 34.1 Å². The van der Waals surface area contributed by atoms with Crippen molar-refractivity contribution in [3.63, 3.8) is 0 Å². The number of carboxylic acids is 1. The van der Waals surface area contributed by atoms with Crippen molar-refractivity contribution in [1.82, 2.24) is 25.9 Å². The van der Waals surface area contributed by atoms with Crippen LogP contribution in [0.2, 0.25) is 0 Å². The van der Waals surface area contributed by atoms with Gasteiger partial charge in [-0.3, -0.25) is 19.2 Å². The van der Waals surface area contributed by atoms with Gasteiger partial charge in [-0.25, -0.2) is 9.78 Å². The van der Waals surface area contributed by atoms with Gasteiger partial charge in [-0.15, -0.1) is 0 Å². The second-order valence-corrected chi connectivity index (χ2v) is 9.02. The Kier molecular flexibility index (Phi) is 11.9. The number of carbonyl (C=O) groups is 5. The molecule has 0 saturated carbocycles. The highest BCUT2D eigenvalue weighted by Gasteiger charge is 2.33. The van der Waals surface area contributed by atoms with Crippen molar-refractivity contribution in [2.24, 2.45) is 23.3 Å². The van der Waals surface area contributed by atoms with Gasteiger partial charge in [0.25, 0.3) is 0 Å². The molecule has 0 bridgehead atoms. The average Bonchev–Trinajstić information content (AvgIpc) is 3.27. The quantitative estimate of drug-likeness (QED) is 0.156. The molecule has 1 aromatic rings. The number of nitrogens with one attached hydrogen (secondary N) is 4. The number of H-pyrrole nitrogens is 1. The summed E-state index contributed by atoms with van der Waals surface area (Å²) in [7, 11) is 0. The van der Waals surface area contributed by atoms with E-state index in [1.54, 1.807) is 13.8 Å². The van der Waals surface area contributed by atoms with E-state index in [9.17, 15) is 29.1 Å². The van der Waals surface area contributed by atoms with Crippen molar-refractivity contribution < 1.29 is 29.1 Å². The molecule has 0 fully saturated rings. The van der Waals surface area contributed by atoms with Gasteiger partial charge < -0.3 is 37.5 Å². The number of aromatic nitrogens is 2. The Balaban J connectivity index is 2.98. The molecule has 1 heterocycles. The molecule has 0 spiro atoms. The van der Waals surface area contributed by atoms with Crippen LogP contribution < -0.4 is 27.4 Å². The van der Waals surface area contributed by atoms with E-state index in [1.807, 2.05) is 13.8 Å². The summed E-state index contributed by atoms with van der Waals surface area (Å²) in [6, 6.07) is -4.65. The largest absolute Gasteiger partial charge is 0.480 e. The van der Waals surface area contributed by atoms with Crippen LogP contribution in [0.4, 0.5) is 0 Å². The maximum Gasteiger partial charge on any atom is 0.326 e. The van der Waals surface area contributed by atoms with Gasteiger partial charge in [-0.2, -0.15) is 0 Å². The molecule has 13 nitrogen and oxygen atoms in total. The minimum atomic E-state index is -1.38. The van der Waals surface area contributed by atoms with E-state index in [4.69, 9.17) is 11.5 Å². The van der Waals surface area contributed by atoms with Crippen LogP contribution >= 0.6 is 0 Å². The van der Waals surface area contributed by atoms with Crippen LogP contribution in [0.3, 0.4) is 0 Å². The number of rotatable bonds is 15. The molecular weight excluding hydrogens is 458 g/mol. The zero-order valence-electron chi connectivity index (χ0n) is 20.5. The lowest BCUT2D eigenvalue weighted by atomic mass is 9.96. The Bertz CT molecular complexity index is 874. The normalized spacial score (nSPS) is 15.4. The number of primary amides is 1. The number of amides is 4. The van der Waals surface area contributed by atoms with Crippen LogP contribution in [-0.2, 0) is 30.4 Å². The Morgan fingerprint density at radius 1 is 1.03 bits per heavy atom. The predicted octanol–water partition coefficient (Wildman–Crippen LogP) is -1.21. The topological polar surface area (TPSA) is 222 Å². The molecule has 0 saturated heterocycles. The van der Waals surface area contributed by atoms with Crippen molar-refractivity contribution in [1.29, 1.82) is 0 Å². The van der Waals surface area contributed by atoms with Crippen molar-refractivity contribution >= 4 is 29.6 Å². The molecule has 35 heavy (non-hydrogen) atoms. The van der Waals surface area contributed by atoms with E-state index >= 15 is 0 Å². The van der Waals surface area contributed by atoms with Crippen LogP contribution in [0.1, 0.15) is 52.7 Å². The summed E-state index contributed by atoms with van der Waals surface area (Å²) in [5.41, 5.74) is 11.8. The second kappa shape index (κ2) is 14.0. The number of carboxylic acid groups (broad SMARTS) is 1. The lowest BCUT2D eigenvalue weighted by Gasteiger charge is -2.28. The highest BCUT2D eigenvalue weighted by Crippen LogP contribution is 2.11. The number of nitrogens with two attached hydrogens (primary N) is 2. The maximum absolute atomic E-state index is 13.0. The molecule has 4 amide bonds. The summed E-state index contributed by atoms with van der Waals surface area (Å²) >= 11 is 0. The molecule has 0 aliphatic carbocycles.